The van der Waals surface area contributed by atoms with E-state index in [9.17, 15) is 0 Å². The summed E-state index contributed by atoms with van der Waals surface area (Å²) < 4.78 is 6.16. The lowest BCUT2D eigenvalue weighted by Gasteiger charge is -2.34. The van der Waals surface area contributed by atoms with Crippen LogP contribution in [0.2, 0.25) is 0 Å². The van der Waals surface area contributed by atoms with Crippen molar-refractivity contribution in [3.8, 4) is 5.75 Å². The molecule has 4 rings (SSSR count). The number of ether oxygens (including phenoxy) is 1. The van der Waals surface area contributed by atoms with Crippen molar-refractivity contribution in [1.29, 1.82) is 0 Å². The van der Waals surface area contributed by atoms with Crippen LogP contribution in [0.1, 0.15) is 31.2 Å². The van der Waals surface area contributed by atoms with Gasteiger partial charge < -0.3 is 15.0 Å². The molecule has 0 spiro atoms. The van der Waals surface area contributed by atoms with Crippen molar-refractivity contribution in [3.63, 3.8) is 0 Å². The molecule has 0 aromatic heterocycles. The molecule has 0 saturated carbocycles. The lowest BCUT2D eigenvalue weighted by molar-refractivity contribution is 0.153. The standard InChI is InChI=1S/C23H30N2OS/c27-23-22(26-21-10-5-4-9-20(21)24-23)11-6-14-25-15-12-19(13-16-25)17-18-7-2-1-3-8-18/h1-5,7-10,19,22-24,27H,6,11-17H2. The Morgan fingerprint density at radius 2 is 1.74 bits per heavy atom. The van der Waals surface area contributed by atoms with Gasteiger partial charge in [-0.3, -0.25) is 0 Å². The van der Waals surface area contributed by atoms with Gasteiger partial charge in [0.15, 0.2) is 0 Å². The number of para-hydroxylation sites is 2. The van der Waals surface area contributed by atoms with Crippen LogP contribution in [-0.2, 0) is 6.42 Å². The number of hydrogen-bond donors (Lipinski definition) is 2. The van der Waals surface area contributed by atoms with E-state index < -0.39 is 0 Å². The van der Waals surface area contributed by atoms with Crippen LogP contribution in [-0.4, -0.2) is 36.0 Å². The average Bonchev–Trinajstić information content (AvgIpc) is 2.70. The molecule has 2 unspecified atom stereocenters. The Kier molecular flexibility index (Phi) is 6.25. The first-order chi connectivity index (χ1) is 13.3. The molecular weight excluding hydrogens is 352 g/mol. The Bertz CT molecular complexity index is 715. The van der Waals surface area contributed by atoms with Crippen LogP contribution in [0, 0.1) is 5.92 Å². The van der Waals surface area contributed by atoms with Crippen molar-refractivity contribution < 1.29 is 4.74 Å². The van der Waals surface area contributed by atoms with Crippen LogP contribution >= 0.6 is 12.6 Å². The Balaban J connectivity index is 1.18. The highest BCUT2D eigenvalue weighted by atomic mass is 32.1. The smallest absolute Gasteiger partial charge is 0.143 e. The van der Waals surface area contributed by atoms with Gasteiger partial charge >= 0.3 is 0 Å². The van der Waals surface area contributed by atoms with Gasteiger partial charge in [-0.1, -0.05) is 42.5 Å². The van der Waals surface area contributed by atoms with Gasteiger partial charge in [0, 0.05) is 0 Å². The van der Waals surface area contributed by atoms with E-state index in [1.807, 2.05) is 24.3 Å². The van der Waals surface area contributed by atoms with Gasteiger partial charge in [0.2, 0.25) is 0 Å². The molecule has 4 heteroatoms. The van der Waals surface area contributed by atoms with Crippen molar-refractivity contribution in [2.24, 2.45) is 5.92 Å². The quantitative estimate of drug-likeness (QED) is 0.699. The Labute approximate surface area is 168 Å². The molecule has 2 aromatic rings. The average molecular weight is 383 g/mol. The zero-order chi connectivity index (χ0) is 18.5. The van der Waals surface area contributed by atoms with E-state index in [2.05, 4.69) is 40.5 Å². The third-order valence-electron chi connectivity index (χ3n) is 5.86. The number of rotatable bonds is 6. The van der Waals surface area contributed by atoms with Crippen molar-refractivity contribution in [2.45, 2.75) is 43.6 Å². The largest absolute Gasteiger partial charge is 0.485 e. The summed E-state index contributed by atoms with van der Waals surface area (Å²) in [6.45, 7) is 3.63. The number of piperidine rings is 1. The third-order valence-corrected chi connectivity index (χ3v) is 6.32. The topological polar surface area (TPSA) is 24.5 Å². The minimum Gasteiger partial charge on any atom is -0.485 e. The predicted octanol–water partition coefficient (Wildman–Crippen LogP) is 4.85. The highest BCUT2D eigenvalue weighted by molar-refractivity contribution is 7.81. The molecule has 2 aromatic carbocycles. The highest BCUT2D eigenvalue weighted by Gasteiger charge is 2.27. The van der Waals surface area contributed by atoms with E-state index >= 15 is 0 Å². The summed E-state index contributed by atoms with van der Waals surface area (Å²) in [4.78, 5) is 2.62. The first-order valence-electron chi connectivity index (χ1n) is 10.2. The normalized spacial score (nSPS) is 23.3. The number of anilines is 1. The second-order valence-electron chi connectivity index (χ2n) is 7.86. The number of likely N-dealkylation sites (tertiary alicyclic amines) is 1. The van der Waals surface area contributed by atoms with Crippen molar-refractivity contribution in [2.75, 3.05) is 25.0 Å². The van der Waals surface area contributed by atoms with Crippen LogP contribution in [0.4, 0.5) is 5.69 Å². The molecule has 0 radical (unpaired) electrons. The maximum absolute atomic E-state index is 6.16. The Morgan fingerprint density at radius 1 is 1.00 bits per heavy atom. The summed E-state index contributed by atoms with van der Waals surface area (Å²) in [6, 6.07) is 19.1. The van der Waals surface area contributed by atoms with Crippen LogP contribution in [0.25, 0.3) is 0 Å². The molecule has 1 fully saturated rings. The van der Waals surface area contributed by atoms with Crippen LogP contribution in [0.15, 0.2) is 54.6 Å². The summed E-state index contributed by atoms with van der Waals surface area (Å²) in [5, 5.41) is 3.52. The molecular formula is C23H30N2OS. The number of benzene rings is 2. The van der Waals surface area contributed by atoms with Crippen molar-refractivity contribution in [3.05, 3.63) is 60.2 Å². The fourth-order valence-corrected chi connectivity index (χ4v) is 4.61. The zero-order valence-corrected chi connectivity index (χ0v) is 16.8. The number of nitrogens with zero attached hydrogens (tertiary/aromatic N) is 1. The van der Waals surface area contributed by atoms with Crippen LogP contribution in [0.3, 0.4) is 0 Å². The summed E-state index contributed by atoms with van der Waals surface area (Å²) in [5.41, 5.74) is 2.53. The molecule has 0 amide bonds. The first kappa shape index (κ1) is 18.7. The molecule has 2 aliphatic rings. The number of thiol groups is 1. The number of nitrogens with one attached hydrogen (secondary N) is 1. The summed E-state index contributed by atoms with van der Waals surface area (Å²) in [6.07, 6.45) is 6.21. The maximum Gasteiger partial charge on any atom is 0.143 e. The van der Waals surface area contributed by atoms with E-state index in [1.165, 1.54) is 44.5 Å². The van der Waals surface area contributed by atoms with Gasteiger partial charge in [-0.25, -0.2) is 0 Å². The van der Waals surface area contributed by atoms with E-state index in [4.69, 9.17) is 17.4 Å². The van der Waals surface area contributed by atoms with Gasteiger partial charge in [-0.15, -0.1) is 0 Å². The molecule has 0 aliphatic carbocycles. The third kappa shape index (κ3) is 4.99. The van der Waals surface area contributed by atoms with Crippen LogP contribution < -0.4 is 10.1 Å². The molecule has 2 aliphatic heterocycles. The Hall–Kier alpha value is -1.65. The number of fused-ring (bicyclic) bond motifs is 1. The number of hydrogen-bond acceptors (Lipinski definition) is 4. The molecule has 0 bridgehead atoms. The van der Waals surface area contributed by atoms with Gasteiger partial charge in [0.25, 0.3) is 0 Å². The molecule has 1 saturated heterocycles. The molecule has 27 heavy (non-hydrogen) atoms. The van der Waals surface area contributed by atoms with Crippen molar-refractivity contribution in [1.82, 2.24) is 4.90 Å². The van der Waals surface area contributed by atoms with E-state index in [0.717, 1.165) is 30.2 Å². The molecule has 2 heterocycles. The SMILES string of the molecule is SC1Nc2ccccc2OC1CCCN1CCC(Cc2ccccc2)CC1. The summed E-state index contributed by atoms with van der Waals surface area (Å²) in [5.74, 6) is 1.79. The Morgan fingerprint density at radius 3 is 2.56 bits per heavy atom. The second kappa shape index (κ2) is 9.03. The van der Waals surface area contributed by atoms with Crippen molar-refractivity contribution >= 4 is 18.3 Å². The first-order valence-corrected chi connectivity index (χ1v) is 10.8. The molecule has 3 nitrogen and oxygen atoms in total. The monoisotopic (exact) mass is 382 g/mol. The van der Waals surface area contributed by atoms with E-state index in [1.54, 1.807) is 0 Å². The fourth-order valence-electron chi connectivity index (χ4n) is 4.26. The lowest BCUT2D eigenvalue weighted by atomic mass is 9.90. The van der Waals surface area contributed by atoms with Crippen LogP contribution in [0.5, 0.6) is 5.75 Å². The summed E-state index contributed by atoms with van der Waals surface area (Å²) >= 11 is 4.69. The highest BCUT2D eigenvalue weighted by Crippen LogP contribution is 2.33. The second-order valence-corrected chi connectivity index (χ2v) is 8.41. The predicted molar refractivity (Wildman–Crippen MR) is 116 cm³/mol. The molecule has 1 N–H and O–H groups in total. The minimum atomic E-state index is 0.0662. The van der Waals surface area contributed by atoms with Gasteiger partial charge in [-0.05, 0) is 75.4 Å². The minimum absolute atomic E-state index is 0.0662. The van der Waals surface area contributed by atoms with Gasteiger partial charge in [0.1, 0.15) is 17.2 Å². The van der Waals surface area contributed by atoms with E-state index in [-0.39, 0.29) is 11.5 Å². The van der Waals surface area contributed by atoms with Gasteiger partial charge in [-0.2, -0.15) is 12.6 Å². The lowest BCUT2D eigenvalue weighted by Crippen LogP contribution is -2.39. The van der Waals surface area contributed by atoms with E-state index in [0.29, 0.717) is 0 Å². The zero-order valence-electron chi connectivity index (χ0n) is 15.9. The summed E-state index contributed by atoms with van der Waals surface area (Å²) in [7, 11) is 0. The molecule has 2 atom stereocenters. The maximum atomic E-state index is 6.16. The fraction of sp³-hybridized carbons (Fsp3) is 0.478. The molecule has 144 valence electrons. The van der Waals surface area contributed by atoms with Gasteiger partial charge in [0.05, 0.1) is 5.69 Å².